The van der Waals surface area contributed by atoms with E-state index in [0.29, 0.717) is 5.02 Å². The van der Waals surface area contributed by atoms with Gasteiger partial charge in [0.25, 0.3) is 0 Å². The van der Waals surface area contributed by atoms with Crippen molar-refractivity contribution in [2.24, 2.45) is 5.41 Å². The van der Waals surface area contributed by atoms with Crippen molar-refractivity contribution in [3.8, 4) is 0 Å². The molecular formula is C15H20ClFN2O. The van der Waals surface area contributed by atoms with Crippen LogP contribution in [0.3, 0.4) is 0 Å². The Morgan fingerprint density at radius 3 is 2.80 bits per heavy atom. The molecule has 0 bridgehead atoms. The van der Waals surface area contributed by atoms with E-state index in [1.165, 1.54) is 18.2 Å². The van der Waals surface area contributed by atoms with Crippen LogP contribution in [0.25, 0.3) is 0 Å². The molecule has 2 N–H and O–H groups in total. The summed E-state index contributed by atoms with van der Waals surface area (Å²) in [6, 6.07) is 4.20. The summed E-state index contributed by atoms with van der Waals surface area (Å²) in [5, 5.41) is 6.40. The molecule has 1 saturated heterocycles. The van der Waals surface area contributed by atoms with Gasteiger partial charge in [-0.05, 0) is 50.6 Å². The van der Waals surface area contributed by atoms with E-state index in [9.17, 15) is 9.18 Å². The highest BCUT2D eigenvalue weighted by Crippen LogP contribution is 2.35. The number of rotatable bonds is 4. The Kier molecular flexibility index (Phi) is 5.00. The maximum atomic E-state index is 13.7. The third kappa shape index (κ3) is 3.30. The minimum Gasteiger partial charge on any atom is -0.323 e. The lowest BCUT2D eigenvalue weighted by atomic mass is 9.74. The maximum absolute atomic E-state index is 13.7. The summed E-state index contributed by atoms with van der Waals surface area (Å²) in [5.74, 6) is -0.551. The highest BCUT2D eigenvalue weighted by molar-refractivity contribution is 6.30. The first-order valence-corrected chi connectivity index (χ1v) is 7.42. The van der Waals surface area contributed by atoms with E-state index in [1.54, 1.807) is 0 Å². The Morgan fingerprint density at radius 2 is 2.15 bits per heavy atom. The standard InChI is InChI=1S/C15H20ClFN2O/c1-2-5-15(6-8-18-9-7-15)14(20)19-13-10-11(16)3-4-12(13)17/h3-4,10,18H,2,5-9H2,1H3,(H,19,20). The number of benzene rings is 1. The number of hydrogen-bond acceptors (Lipinski definition) is 2. The summed E-state index contributed by atoms with van der Waals surface area (Å²) in [6.07, 6.45) is 3.33. The molecule has 1 aromatic rings. The van der Waals surface area contributed by atoms with Crippen LogP contribution >= 0.6 is 11.6 Å². The molecule has 1 amide bonds. The largest absolute Gasteiger partial charge is 0.323 e. The summed E-state index contributed by atoms with van der Waals surface area (Å²) in [7, 11) is 0. The molecule has 1 aliphatic rings. The smallest absolute Gasteiger partial charge is 0.230 e. The van der Waals surface area contributed by atoms with Crippen LogP contribution in [0.5, 0.6) is 0 Å². The maximum Gasteiger partial charge on any atom is 0.230 e. The Morgan fingerprint density at radius 1 is 1.45 bits per heavy atom. The molecule has 0 atom stereocenters. The van der Waals surface area contributed by atoms with Crippen molar-refractivity contribution >= 4 is 23.2 Å². The fourth-order valence-corrected chi connectivity index (χ4v) is 2.99. The zero-order valence-electron chi connectivity index (χ0n) is 11.6. The average molecular weight is 299 g/mol. The molecule has 1 heterocycles. The fourth-order valence-electron chi connectivity index (χ4n) is 2.82. The van der Waals surface area contributed by atoms with Gasteiger partial charge in [0, 0.05) is 5.02 Å². The van der Waals surface area contributed by atoms with Gasteiger partial charge in [-0.3, -0.25) is 4.79 Å². The summed E-state index contributed by atoms with van der Waals surface area (Å²) >= 11 is 5.85. The Hall–Kier alpha value is -1.13. The minimum absolute atomic E-state index is 0.0954. The minimum atomic E-state index is -0.455. The molecule has 1 fully saturated rings. The van der Waals surface area contributed by atoms with Gasteiger partial charge in [-0.1, -0.05) is 24.9 Å². The van der Waals surface area contributed by atoms with E-state index in [4.69, 9.17) is 11.6 Å². The number of halogens is 2. The Bertz CT molecular complexity index is 481. The normalized spacial score (nSPS) is 17.8. The van der Waals surface area contributed by atoms with E-state index in [2.05, 4.69) is 17.6 Å². The second kappa shape index (κ2) is 6.55. The second-order valence-corrected chi connectivity index (χ2v) is 5.80. The first kappa shape index (κ1) is 15.3. The van der Waals surface area contributed by atoms with Crippen molar-refractivity contribution in [2.45, 2.75) is 32.6 Å². The van der Waals surface area contributed by atoms with E-state index in [-0.39, 0.29) is 11.6 Å². The van der Waals surface area contributed by atoms with Crippen LogP contribution in [0, 0.1) is 11.2 Å². The third-order valence-corrected chi connectivity index (χ3v) is 4.18. The van der Waals surface area contributed by atoms with Gasteiger partial charge >= 0.3 is 0 Å². The van der Waals surface area contributed by atoms with Gasteiger partial charge in [0.05, 0.1) is 11.1 Å². The molecule has 0 aliphatic carbocycles. The summed E-state index contributed by atoms with van der Waals surface area (Å²) in [6.45, 7) is 3.72. The lowest BCUT2D eigenvalue weighted by molar-refractivity contribution is -0.127. The first-order valence-electron chi connectivity index (χ1n) is 7.04. The van der Waals surface area contributed by atoms with E-state index >= 15 is 0 Å². The number of carbonyl (C=O) groups excluding carboxylic acids is 1. The van der Waals surface area contributed by atoms with Crippen LogP contribution in [0.4, 0.5) is 10.1 Å². The molecule has 110 valence electrons. The van der Waals surface area contributed by atoms with Crippen LogP contribution in [0.2, 0.25) is 5.02 Å². The summed E-state index contributed by atoms with van der Waals surface area (Å²) in [4.78, 5) is 12.6. The van der Waals surface area contributed by atoms with Crippen molar-refractivity contribution in [1.29, 1.82) is 0 Å². The predicted molar refractivity (Wildman–Crippen MR) is 79.5 cm³/mol. The molecule has 0 unspecified atom stereocenters. The van der Waals surface area contributed by atoms with Crippen molar-refractivity contribution < 1.29 is 9.18 Å². The van der Waals surface area contributed by atoms with E-state index in [0.717, 1.165) is 38.8 Å². The van der Waals surface area contributed by atoms with Crippen molar-refractivity contribution in [1.82, 2.24) is 5.32 Å². The lowest BCUT2D eigenvalue weighted by Gasteiger charge is -2.36. The SMILES string of the molecule is CCCC1(C(=O)Nc2cc(Cl)ccc2F)CCNCC1. The van der Waals surface area contributed by atoms with Gasteiger partial charge in [0.1, 0.15) is 5.82 Å². The number of amides is 1. The average Bonchev–Trinajstić information content (AvgIpc) is 2.44. The number of carbonyl (C=O) groups is 1. The zero-order valence-corrected chi connectivity index (χ0v) is 12.4. The van der Waals surface area contributed by atoms with Gasteiger partial charge in [0.15, 0.2) is 0 Å². The highest BCUT2D eigenvalue weighted by Gasteiger charge is 2.38. The highest BCUT2D eigenvalue weighted by atomic mass is 35.5. The van der Waals surface area contributed by atoms with Crippen molar-refractivity contribution in [3.63, 3.8) is 0 Å². The number of hydrogen-bond donors (Lipinski definition) is 2. The fraction of sp³-hybridized carbons (Fsp3) is 0.533. The Labute approximate surface area is 123 Å². The van der Waals surface area contributed by atoms with Gasteiger partial charge in [-0.15, -0.1) is 0 Å². The molecule has 1 aliphatic heterocycles. The number of nitrogens with one attached hydrogen (secondary N) is 2. The first-order chi connectivity index (χ1) is 9.57. The van der Waals surface area contributed by atoms with Crippen LogP contribution in [0.15, 0.2) is 18.2 Å². The molecule has 0 radical (unpaired) electrons. The lowest BCUT2D eigenvalue weighted by Crippen LogP contribution is -2.45. The number of anilines is 1. The second-order valence-electron chi connectivity index (χ2n) is 5.36. The summed E-state index contributed by atoms with van der Waals surface area (Å²) in [5.41, 5.74) is -0.231. The monoisotopic (exact) mass is 298 g/mol. The van der Waals surface area contributed by atoms with E-state index < -0.39 is 11.2 Å². The molecule has 0 aromatic heterocycles. The predicted octanol–water partition coefficient (Wildman–Crippen LogP) is 3.59. The molecule has 3 nitrogen and oxygen atoms in total. The molecule has 5 heteroatoms. The third-order valence-electron chi connectivity index (χ3n) is 3.95. The van der Waals surface area contributed by atoms with Crippen molar-refractivity contribution in [2.75, 3.05) is 18.4 Å². The van der Waals surface area contributed by atoms with Crippen LogP contribution < -0.4 is 10.6 Å². The molecule has 1 aromatic carbocycles. The molecule has 2 rings (SSSR count). The molecule has 0 saturated carbocycles. The van der Waals surface area contributed by atoms with Crippen LogP contribution in [-0.4, -0.2) is 19.0 Å². The molecule has 20 heavy (non-hydrogen) atoms. The van der Waals surface area contributed by atoms with Gasteiger partial charge in [-0.2, -0.15) is 0 Å². The van der Waals surface area contributed by atoms with Gasteiger partial charge < -0.3 is 10.6 Å². The topological polar surface area (TPSA) is 41.1 Å². The van der Waals surface area contributed by atoms with Crippen molar-refractivity contribution in [3.05, 3.63) is 29.0 Å². The number of piperidine rings is 1. The zero-order chi connectivity index (χ0) is 14.6. The van der Waals surface area contributed by atoms with Gasteiger partial charge in [0.2, 0.25) is 5.91 Å². The summed E-state index contributed by atoms with van der Waals surface area (Å²) < 4.78 is 13.7. The molecular weight excluding hydrogens is 279 g/mol. The van der Waals surface area contributed by atoms with E-state index in [1.807, 2.05) is 0 Å². The molecule has 0 spiro atoms. The van der Waals surface area contributed by atoms with Crippen LogP contribution in [0.1, 0.15) is 32.6 Å². The van der Waals surface area contributed by atoms with Gasteiger partial charge in [-0.25, -0.2) is 4.39 Å². The quantitative estimate of drug-likeness (QED) is 0.892. The van der Waals surface area contributed by atoms with Crippen LogP contribution in [-0.2, 0) is 4.79 Å². The Balaban J connectivity index is 2.18.